The normalized spacial score (nSPS) is 12.9. The maximum absolute atomic E-state index is 13.9. The van der Waals surface area contributed by atoms with E-state index in [1.807, 2.05) is 12.1 Å². The predicted octanol–water partition coefficient (Wildman–Crippen LogP) is 3.13. The lowest BCUT2D eigenvalue weighted by Crippen LogP contribution is -2.38. The van der Waals surface area contributed by atoms with Gasteiger partial charge in [0.2, 0.25) is 5.88 Å². The molecule has 1 aliphatic heterocycles. The van der Waals surface area contributed by atoms with E-state index in [1.165, 1.54) is 12.1 Å². The molecular weight excluding hydrogens is 359 g/mol. The molecule has 3 aromatic rings. The van der Waals surface area contributed by atoms with Crippen molar-refractivity contribution in [3.05, 3.63) is 82.8 Å². The molecule has 0 N–H and O–H groups in total. The van der Waals surface area contributed by atoms with Crippen LogP contribution in [0.4, 0.5) is 4.39 Å². The van der Waals surface area contributed by atoms with Crippen molar-refractivity contribution in [2.45, 2.75) is 19.7 Å². The molecule has 0 saturated carbocycles. The van der Waals surface area contributed by atoms with E-state index in [4.69, 9.17) is 10.00 Å². The van der Waals surface area contributed by atoms with Crippen LogP contribution in [0.5, 0.6) is 5.88 Å². The van der Waals surface area contributed by atoms with Gasteiger partial charge in [-0.05, 0) is 29.8 Å². The fourth-order valence-corrected chi connectivity index (χ4v) is 3.18. The van der Waals surface area contributed by atoms with Crippen molar-refractivity contribution < 1.29 is 13.9 Å². The molecule has 28 heavy (non-hydrogen) atoms. The first-order chi connectivity index (χ1) is 13.6. The van der Waals surface area contributed by atoms with Crippen LogP contribution < -0.4 is 4.74 Å². The first kappa shape index (κ1) is 17.7. The van der Waals surface area contributed by atoms with E-state index in [9.17, 15) is 9.18 Å². The molecule has 6 nitrogen and oxygen atoms in total. The zero-order chi connectivity index (χ0) is 19.5. The van der Waals surface area contributed by atoms with Gasteiger partial charge in [-0.2, -0.15) is 5.26 Å². The third-order valence-electron chi connectivity index (χ3n) is 4.61. The van der Waals surface area contributed by atoms with Gasteiger partial charge in [0.25, 0.3) is 5.91 Å². The van der Waals surface area contributed by atoms with E-state index in [-0.39, 0.29) is 11.5 Å². The summed E-state index contributed by atoms with van der Waals surface area (Å²) in [6.45, 7) is 1.60. The van der Waals surface area contributed by atoms with E-state index >= 15 is 0 Å². The van der Waals surface area contributed by atoms with E-state index < -0.39 is 5.82 Å². The topological polar surface area (TPSA) is 71.2 Å². The number of amides is 1. The third kappa shape index (κ3) is 3.58. The van der Waals surface area contributed by atoms with Gasteiger partial charge < -0.3 is 9.64 Å². The number of halogens is 1. The molecule has 2 aromatic carbocycles. The smallest absolute Gasteiger partial charge is 0.257 e. The van der Waals surface area contributed by atoms with Crippen LogP contribution in [0.15, 0.2) is 54.6 Å². The van der Waals surface area contributed by atoms with Crippen molar-refractivity contribution in [1.29, 1.82) is 5.26 Å². The fraction of sp³-hybridized carbons (Fsp3) is 0.190. The molecular formula is C21H17FN4O2. The Balaban J connectivity index is 1.44. The highest BCUT2D eigenvalue weighted by Crippen LogP contribution is 2.21. The first-order valence-corrected chi connectivity index (χ1v) is 8.86. The lowest BCUT2D eigenvalue weighted by Gasteiger charge is -2.27. The molecule has 140 valence electrons. The van der Waals surface area contributed by atoms with Gasteiger partial charge >= 0.3 is 0 Å². The summed E-state index contributed by atoms with van der Waals surface area (Å²) in [6.07, 6.45) is 0. The van der Waals surface area contributed by atoms with Crippen LogP contribution in [0.25, 0.3) is 0 Å². The number of carbonyl (C=O) groups is 1. The molecule has 2 heterocycles. The molecule has 4 rings (SSSR count). The summed E-state index contributed by atoms with van der Waals surface area (Å²) >= 11 is 0. The average molecular weight is 376 g/mol. The summed E-state index contributed by atoms with van der Waals surface area (Å²) in [4.78, 5) is 14.2. The van der Waals surface area contributed by atoms with Gasteiger partial charge in [-0.1, -0.05) is 24.3 Å². The maximum Gasteiger partial charge on any atom is 0.257 e. The van der Waals surface area contributed by atoms with Gasteiger partial charge in [-0.3, -0.25) is 9.48 Å². The van der Waals surface area contributed by atoms with Crippen molar-refractivity contribution in [2.75, 3.05) is 6.54 Å². The molecule has 7 heteroatoms. The Bertz CT molecular complexity index is 1070. The van der Waals surface area contributed by atoms with Crippen molar-refractivity contribution in [1.82, 2.24) is 14.7 Å². The van der Waals surface area contributed by atoms with E-state index in [0.29, 0.717) is 37.7 Å². The summed E-state index contributed by atoms with van der Waals surface area (Å²) in [5.74, 6) is -0.394. The van der Waals surface area contributed by atoms with Crippen LogP contribution in [-0.4, -0.2) is 27.1 Å². The van der Waals surface area contributed by atoms with E-state index in [0.717, 1.165) is 11.3 Å². The molecule has 1 aliphatic rings. The average Bonchev–Trinajstić information content (AvgIpc) is 3.14. The summed E-state index contributed by atoms with van der Waals surface area (Å²) in [5, 5.41) is 13.4. The Morgan fingerprint density at radius 3 is 2.86 bits per heavy atom. The number of fused-ring (bicyclic) bond motifs is 1. The minimum absolute atomic E-state index is 0.0734. The standard InChI is InChI=1S/C21H17FN4O2/c22-19-7-2-1-6-18(19)21(27)25-8-9-26-17(13-25)11-20(24-26)28-14-16-5-3-4-15(10-16)12-23/h1-7,10-11H,8-9,13-14H2. The van der Waals surface area contributed by atoms with Gasteiger partial charge in [0.1, 0.15) is 12.4 Å². The Hall–Kier alpha value is -3.66. The minimum Gasteiger partial charge on any atom is -0.472 e. The maximum atomic E-state index is 13.9. The van der Waals surface area contributed by atoms with Crippen LogP contribution in [0.1, 0.15) is 27.2 Å². The number of hydrogen-bond acceptors (Lipinski definition) is 4. The Labute approximate surface area is 161 Å². The second-order valence-electron chi connectivity index (χ2n) is 6.50. The summed E-state index contributed by atoms with van der Waals surface area (Å²) < 4.78 is 21.4. The van der Waals surface area contributed by atoms with Gasteiger partial charge in [0.05, 0.1) is 36.0 Å². The minimum atomic E-state index is -0.518. The fourth-order valence-electron chi connectivity index (χ4n) is 3.18. The SMILES string of the molecule is N#Cc1cccc(COc2cc3n(n2)CCN(C(=O)c2ccccc2F)C3)c1. The van der Waals surface area contributed by atoms with Crippen LogP contribution >= 0.6 is 0 Å². The molecule has 0 bridgehead atoms. The van der Waals surface area contributed by atoms with Crippen LogP contribution in [-0.2, 0) is 19.7 Å². The van der Waals surface area contributed by atoms with E-state index in [2.05, 4.69) is 11.2 Å². The first-order valence-electron chi connectivity index (χ1n) is 8.86. The Morgan fingerprint density at radius 1 is 1.18 bits per heavy atom. The van der Waals surface area contributed by atoms with Gasteiger partial charge in [-0.25, -0.2) is 4.39 Å². The number of nitrogens with zero attached hydrogens (tertiary/aromatic N) is 4. The zero-order valence-corrected chi connectivity index (χ0v) is 15.0. The molecule has 1 amide bonds. The number of ether oxygens (including phenoxy) is 1. The molecule has 0 aliphatic carbocycles. The second kappa shape index (κ2) is 7.53. The number of nitriles is 1. The predicted molar refractivity (Wildman–Crippen MR) is 98.9 cm³/mol. The van der Waals surface area contributed by atoms with Crippen LogP contribution in [0, 0.1) is 17.1 Å². The summed E-state index contributed by atoms with van der Waals surface area (Å²) in [6, 6.07) is 17.1. The van der Waals surface area contributed by atoms with Crippen LogP contribution in [0.2, 0.25) is 0 Å². The molecule has 0 spiro atoms. The second-order valence-corrected chi connectivity index (χ2v) is 6.50. The number of hydrogen-bond donors (Lipinski definition) is 0. The van der Waals surface area contributed by atoms with Crippen molar-refractivity contribution >= 4 is 5.91 Å². The molecule has 0 unspecified atom stereocenters. The summed E-state index contributed by atoms with van der Waals surface area (Å²) in [7, 11) is 0. The molecule has 0 radical (unpaired) electrons. The van der Waals surface area contributed by atoms with E-state index in [1.54, 1.807) is 39.9 Å². The van der Waals surface area contributed by atoms with Gasteiger partial charge in [-0.15, -0.1) is 5.10 Å². The van der Waals surface area contributed by atoms with Crippen molar-refractivity contribution in [3.63, 3.8) is 0 Å². The van der Waals surface area contributed by atoms with Gasteiger partial charge in [0.15, 0.2) is 0 Å². The number of benzene rings is 2. The Morgan fingerprint density at radius 2 is 2.04 bits per heavy atom. The molecule has 0 saturated heterocycles. The largest absolute Gasteiger partial charge is 0.472 e. The molecule has 0 fully saturated rings. The monoisotopic (exact) mass is 376 g/mol. The molecule has 1 aromatic heterocycles. The van der Waals surface area contributed by atoms with Gasteiger partial charge in [0, 0.05) is 12.6 Å². The quantitative estimate of drug-likeness (QED) is 0.701. The van der Waals surface area contributed by atoms with Crippen LogP contribution in [0.3, 0.4) is 0 Å². The number of rotatable bonds is 4. The highest BCUT2D eigenvalue weighted by Gasteiger charge is 2.25. The number of carbonyl (C=O) groups excluding carboxylic acids is 1. The lowest BCUT2D eigenvalue weighted by atomic mass is 10.1. The van der Waals surface area contributed by atoms with Crippen molar-refractivity contribution in [2.24, 2.45) is 0 Å². The molecule has 0 atom stereocenters. The number of aromatic nitrogens is 2. The Kier molecular flexibility index (Phi) is 4.77. The highest BCUT2D eigenvalue weighted by atomic mass is 19.1. The third-order valence-corrected chi connectivity index (χ3v) is 4.61. The lowest BCUT2D eigenvalue weighted by molar-refractivity contribution is 0.0701. The highest BCUT2D eigenvalue weighted by molar-refractivity contribution is 5.94. The van der Waals surface area contributed by atoms with Crippen molar-refractivity contribution in [3.8, 4) is 11.9 Å². The zero-order valence-electron chi connectivity index (χ0n) is 15.0. The summed E-state index contributed by atoms with van der Waals surface area (Å²) in [5.41, 5.74) is 2.36.